The van der Waals surface area contributed by atoms with Crippen LogP contribution in [-0.2, 0) is 9.59 Å². The van der Waals surface area contributed by atoms with Gasteiger partial charge >= 0.3 is 41.5 Å². The van der Waals surface area contributed by atoms with Gasteiger partial charge in [-0.05, 0) is 6.07 Å². The number of aromatic nitrogens is 1. The molecule has 0 aromatic carbocycles. The monoisotopic (exact) mass is 278 g/mol. The zero-order valence-electron chi connectivity index (χ0n) is 11.1. The molecule has 0 bridgehead atoms. The van der Waals surface area contributed by atoms with Crippen LogP contribution >= 0.6 is 0 Å². The molecule has 1 heterocycles. The zero-order chi connectivity index (χ0) is 13.7. The van der Waals surface area contributed by atoms with Crippen LogP contribution in [-0.4, -0.2) is 32.1 Å². The number of carboxylic acids is 2. The smallest absolute Gasteiger partial charge is 1.00 e. The normalized spacial score (nSPS) is 9.74. The predicted octanol–water partition coefficient (Wildman–Crippen LogP) is -1.86. The summed E-state index contributed by atoms with van der Waals surface area (Å²) in [6.45, 7) is 0. The SMILES string of the molecule is O=C(O)CC(CC(=O)O)c1ccc([N+](=O)[O-])cn1.[H-].[Na+]. The fourth-order valence-electron chi connectivity index (χ4n) is 1.45. The Balaban J connectivity index is 0. The minimum atomic E-state index is -1.15. The van der Waals surface area contributed by atoms with Crippen LogP contribution in [0.25, 0.3) is 0 Å². The van der Waals surface area contributed by atoms with Crippen molar-refractivity contribution >= 4 is 17.6 Å². The zero-order valence-corrected chi connectivity index (χ0v) is 12.1. The van der Waals surface area contributed by atoms with Gasteiger partial charge < -0.3 is 11.6 Å². The Morgan fingerprint density at radius 2 is 1.84 bits per heavy atom. The summed E-state index contributed by atoms with van der Waals surface area (Å²) in [5, 5.41) is 27.8. The van der Waals surface area contributed by atoms with Crippen LogP contribution in [0.5, 0.6) is 0 Å². The van der Waals surface area contributed by atoms with Gasteiger partial charge in [-0.2, -0.15) is 0 Å². The first-order valence-electron chi connectivity index (χ1n) is 4.94. The van der Waals surface area contributed by atoms with Gasteiger partial charge in [-0.15, -0.1) is 0 Å². The predicted molar refractivity (Wildman–Crippen MR) is 59.3 cm³/mol. The fourth-order valence-corrected chi connectivity index (χ4v) is 1.45. The molecule has 0 spiro atoms. The third-order valence-electron chi connectivity index (χ3n) is 2.24. The molecule has 19 heavy (non-hydrogen) atoms. The van der Waals surface area contributed by atoms with Gasteiger partial charge in [0, 0.05) is 17.7 Å². The summed E-state index contributed by atoms with van der Waals surface area (Å²) in [5.74, 6) is -3.11. The van der Waals surface area contributed by atoms with E-state index in [1.807, 2.05) is 0 Å². The molecule has 8 nitrogen and oxygen atoms in total. The van der Waals surface area contributed by atoms with Gasteiger partial charge in [-0.1, -0.05) is 0 Å². The molecule has 98 valence electrons. The summed E-state index contributed by atoms with van der Waals surface area (Å²) in [6, 6.07) is 2.44. The van der Waals surface area contributed by atoms with Gasteiger partial charge in [-0.25, -0.2) is 0 Å². The second-order valence-electron chi connectivity index (χ2n) is 3.59. The van der Waals surface area contributed by atoms with E-state index in [-0.39, 0.29) is 42.4 Å². The first-order valence-corrected chi connectivity index (χ1v) is 4.94. The number of nitrogens with zero attached hydrogens (tertiary/aromatic N) is 2. The largest absolute Gasteiger partial charge is 1.00 e. The van der Waals surface area contributed by atoms with Crippen molar-refractivity contribution < 1.29 is 55.7 Å². The van der Waals surface area contributed by atoms with Gasteiger partial charge in [0.05, 0.1) is 17.8 Å². The summed E-state index contributed by atoms with van der Waals surface area (Å²) in [5.41, 5.74) is -0.0199. The van der Waals surface area contributed by atoms with Crippen LogP contribution in [0.1, 0.15) is 25.9 Å². The van der Waals surface area contributed by atoms with E-state index in [0.29, 0.717) is 0 Å². The number of hydrogen-bond donors (Lipinski definition) is 2. The molecule has 0 radical (unpaired) electrons. The topological polar surface area (TPSA) is 131 Å². The van der Waals surface area contributed by atoms with Gasteiger partial charge in [-0.3, -0.25) is 24.7 Å². The van der Waals surface area contributed by atoms with E-state index >= 15 is 0 Å². The van der Waals surface area contributed by atoms with Crippen molar-refractivity contribution in [2.24, 2.45) is 0 Å². The molecule has 0 amide bonds. The Kier molecular flexibility index (Phi) is 7.20. The van der Waals surface area contributed by atoms with Gasteiger partial charge in [0.15, 0.2) is 0 Å². The van der Waals surface area contributed by atoms with Crippen molar-refractivity contribution in [3.63, 3.8) is 0 Å². The second kappa shape index (κ2) is 7.82. The van der Waals surface area contributed by atoms with Gasteiger partial charge in [0.1, 0.15) is 6.20 Å². The van der Waals surface area contributed by atoms with E-state index in [1.165, 1.54) is 12.1 Å². The maximum Gasteiger partial charge on any atom is 1.00 e. The first kappa shape index (κ1) is 17.5. The molecular formula is C10H11N2NaO6. The van der Waals surface area contributed by atoms with Crippen molar-refractivity contribution in [3.8, 4) is 0 Å². The standard InChI is InChI=1S/C10H10N2O6.Na.H/c13-9(14)3-6(4-10(15)16)8-2-1-7(5-11-8)12(17)18;;/h1-2,5-6H,3-4H2,(H,13,14)(H,15,16);;/q;+1;-1. The minimum Gasteiger partial charge on any atom is -1.00 e. The quantitative estimate of drug-likeness (QED) is 0.354. The molecule has 0 saturated heterocycles. The van der Waals surface area contributed by atoms with Crippen molar-refractivity contribution in [2.45, 2.75) is 18.8 Å². The summed E-state index contributed by atoms with van der Waals surface area (Å²) >= 11 is 0. The van der Waals surface area contributed by atoms with E-state index in [2.05, 4.69) is 4.98 Å². The maximum atomic E-state index is 10.6. The van der Waals surface area contributed by atoms with Crippen molar-refractivity contribution in [1.29, 1.82) is 0 Å². The summed E-state index contributed by atoms with van der Waals surface area (Å²) < 4.78 is 0. The second-order valence-corrected chi connectivity index (χ2v) is 3.59. The Morgan fingerprint density at radius 1 is 1.32 bits per heavy atom. The third kappa shape index (κ3) is 5.77. The molecule has 0 saturated carbocycles. The minimum absolute atomic E-state index is 0. The average Bonchev–Trinajstić information content (AvgIpc) is 2.27. The van der Waals surface area contributed by atoms with E-state index in [4.69, 9.17) is 10.2 Å². The Morgan fingerprint density at radius 3 is 2.16 bits per heavy atom. The van der Waals surface area contributed by atoms with Crippen LogP contribution in [0, 0.1) is 10.1 Å². The first-order chi connectivity index (χ1) is 8.40. The average molecular weight is 278 g/mol. The molecule has 0 atom stereocenters. The van der Waals surface area contributed by atoms with Crippen LogP contribution in [0.15, 0.2) is 18.3 Å². The summed E-state index contributed by atoms with van der Waals surface area (Å²) in [4.78, 5) is 34.7. The number of carbonyl (C=O) groups is 2. The Hall–Kier alpha value is -1.51. The van der Waals surface area contributed by atoms with E-state index in [1.54, 1.807) is 0 Å². The van der Waals surface area contributed by atoms with E-state index in [9.17, 15) is 19.7 Å². The molecule has 1 aromatic heterocycles. The van der Waals surface area contributed by atoms with Gasteiger partial charge in [0.25, 0.3) is 5.69 Å². The third-order valence-corrected chi connectivity index (χ3v) is 2.24. The van der Waals surface area contributed by atoms with Crippen molar-refractivity contribution in [2.75, 3.05) is 0 Å². The Labute approximate surface area is 131 Å². The molecule has 2 N–H and O–H groups in total. The molecule has 1 aromatic rings. The molecule has 0 aliphatic rings. The van der Waals surface area contributed by atoms with Gasteiger partial charge in [0.2, 0.25) is 0 Å². The molecule has 0 aliphatic heterocycles. The number of nitro groups is 1. The number of aliphatic carboxylic acids is 2. The van der Waals surface area contributed by atoms with E-state index < -0.39 is 35.6 Å². The molecule has 0 aliphatic carbocycles. The molecule has 1 rings (SSSR count). The molecule has 9 heteroatoms. The van der Waals surface area contributed by atoms with Crippen LogP contribution in [0.4, 0.5) is 5.69 Å². The van der Waals surface area contributed by atoms with Crippen LogP contribution in [0.3, 0.4) is 0 Å². The number of carboxylic acid groups (broad SMARTS) is 2. The molecule has 0 unspecified atom stereocenters. The van der Waals surface area contributed by atoms with E-state index in [0.717, 1.165) is 6.20 Å². The number of rotatable bonds is 6. The number of pyridine rings is 1. The maximum absolute atomic E-state index is 10.6. The van der Waals surface area contributed by atoms with Crippen molar-refractivity contribution in [1.82, 2.24) is 4.98 Å². The van der Waals surface area contributed by atoms with Crippen LogP contribution < -0.4 is 29.6 Å². The van der Waals surface area contributed by atoms with Crippen molar-refractivity contribution in [3.05, 3.63) is 34.1 Å². The fraction of sp³-hybridized carbons (Fsp3) is 0.300. The molecular weight excluding hydrogens is 267 g/mol. The summed E-state index contributed by atoms with van der Waals surface area (Å²) in [6.07, 6.45) is 0.195. The Bertz CT molecular complexity index is 465. The molecule has 0 fully saturated rings. The number of hydrogen-bond acceptors (Lipinski definition) is 5. The summed E-state index contributed by atoms with van der Waals surface area (Å²) in [7, 11) is 0. The van der Waals surface area contributed by atoms with Crippen LogP contribution in [0.2, 0.25) is 0 Å².